The highest BCUT2D eigenvalue weighted by molar-refractivity contribution is 7.89. The summed E-state index contributed by atoms with van der Waals surface area (Å²) in [5, 5.41) is 12.8. The number of halogens is 1. The molecule has 0 saturated carbocycles. The maximum Gasteiger partial charge on any atom is 0.253 e. The number of carbonyl (C=O) groups excluding carboxylic acids is 2. The number of methoxy groups -OCH3 is 1. The van der Waals surface area contributed by atoms with Crippen LogP contribution in [0.3, 0.4) is 0 Å². The number of alkyl halides is 1. The van der Waals surface area contributed by atoms with Crippen molar-refractivity contribution in [1.82, 2.24) is 14.7 Å². The number of nitrogens with one attached hydrogen (secondary N) is 1. The minimum Gasteiger partial charge on any atom is -0.497 e. The fourth-order valence-corrected chi connectivity index (χ4v) is 5.87. The van der Waals surface area contributed by atoms with Gasteiger partial charge in [0.15, 0.2) is 0 Å². The van der Waals surface area contributed by atoms with Gasteiger partial charge in [-0.3, -0.25) is 15.0 Å². The van der Waals surface area contributed by atoms with Gasteiger partial charge in [-0.25, -0.2) is 13.4 Å². The van der Waals surface area contributed by atoms with Gasteiger partial charge in [-0.05, 0) is 47.6 Å². The molecule has 40 heavy (non-hydrogen) atoms. The second kappa shape index (κ2) is 14.8. The first-order chi connectivity index (χ1) is 18.7. The Labute approximate surface area is 243 Å². The van der Waals surface area contributed by atoms with Crippen molar-refractivity contribution in [2.45, 2.75) is 64.5 Å². The highest BCUT2D eigenvalue weighted by Gasteiger charge is 2.36. The number of aliphatic hydroxyl groups is 1. The highest BCUT2D eigenvalue weighted by atomic mass is 35.5. The van der Waals surface area contributed by atoms with Crippen LogP contribution in [0.15, 0.2) is 59.5 Å². The smallest absolute Gasteiger partial charge is 0.253 e. The van der Waals surface area contributed by atoms with Crippen LogP contribution in [-0.2, 0) is 26.0 Å². The summed E-state index contributed by atoms with van der Waals surface area (Å²) in [4.78, 5) is 26.0. The van der Waals surface area contributed by atoms with Gasteiger partial charge >= 0.3 is 0 Å². The van der Waals surface area contributed by atoms with Crippen molar-refractivity contribution in [3.05, 3.63) is 60.2 Å². The van der Waals surface area contributed by atoms with Gasteiger partial charge < -0.3 is 9.84 Å². The number of hydrogen-bond acceptors (Lipinski definition) is 6. The van der Waals surface area contributed by atoms with E-state index in [-0.39, 0.29) is 36.7 Å². The van der Waals surface area contributed by atoms with E-state index in [0.29, 0.717) is 5.75 Å². The Balaban J connectivity index is 2.53. The summed E-state index contributed by atoms with van der Waals surface area (Å²) in [6.07, 6.45) is -1.11. The molecule has 1 unspecified atom stereocenters. The number of hydrogen-bond donors (Lipinski definition) is 2. The summed E-state index contributed by atoms with van der Waals surface area (Å²) in [6.45, 7) is 9.25. The van der Waals surface area contributed by atoms with Gasteiger partial charge in [-0.15, -0.1) is 11.6 Å². The molecular formula is C29H42ClN3O6S. The van der Waals surface area contributed by atoms with E-state index in [9.17, 15) is 23.1 Å². The first-order valence-electron chi connectivity index (χ1n) is 13.2. The lowest BCUT2D eigenvalue weighted by atomic mass is 9.91. The summed E-state index contributed by atoms with van der Waals surface area (Å²) in [5.74, 6) is -0.958. The molecule has 222 valence electrons. The Morgan fingerprint density at radius 2 is 1.62 bits per heavy atom. The highest BCUT2D eigenvalue weighted by Crippen LogP contribution is 2.25. The van der Waals surface area contributed by atoms with Gasteiger partial charge in [0.2, 0.25) is 15.9 Å². The number of aliphatic hydroxyl groups excluding tert-OH is 1. The molecule has 2 aromatic carbocycles. The van der Waals surface area contributed by atoms with Crippen LogP contribution in [0.2, 0.25) is 0 Å². The number of sulfonamides is 1. The van der Waals surface area contributed by atoms with Crippen molar-refractivity contribution in [2.75, 3.05) is 26.1 Å². The Morgan fingerprint density at radius 1 is 1.02 bits per heavy atom. The van der Waals surface area contributed by atoms with Crippen LogP contribution in [0, 0.1) is 11.3 Å². The third-order valence-electron chi connectivity index (χ3n) is 6.04. The second-order valence-corrected chi connectivity index (χ2v) is 13.6. The number of rotatable bonds is 13. The Kier molecular flexibility index (Phi) is 12.4. The van der Waals surface area contributed by atoms with Crippen molar-refractivity contribution in [2.24, 2.45) is 11.3 Å². The van der Waals surface area contributed by atoms with Crippen molar-refractivity contribution in [3.8, 4) is 5.75 Å². The summed E-state index contributed by atoms with van der Waals surface area (Å²) >= 11 is 5.76. The normalized spacial score (nSPS) is 13.7. The van der Waals surface area contributed by atoms with Crippen molar-refractivity contribution >= 4 is 33.4 Å². The lowest BCUT2D eigenvalue weighted by molar-refractivity contribution is -0.148. The fourth-order valence-electron chi connectivity index (χ4n) is 4.19. The van der Waals surface area contributed by atoms with Crippen molar-refractivity contribution < 1.29 is 27.9 Å². The molecule has 2 rings (SSSR count). The quantitative estimate of drug-likeness (QED) is 0.268. The van der Waals surface area contributed by atoms with Crippen LogP contribution in [0.1, 0.15) is 46.6 Å². The van der Waals surface area contributed by atoms with Gasteiger partial charge in [-0.2, -0.15) is 4.31 Å². The lowest BCUT2D eigenvalue weighted by Gasteiger charge is -2.38. The second-order valence-electron chi connectivity index (χ2n) is 11.4. The van der Waals surface area contributed by atoms with E-state index >= 15 is 0 Å². The minimum atomic E-state index is -4.02. The number of amides is 2. The van der Waals surface area contributed by atoms with Gasteiger partial charge in [0.1, 0.15) is 11.6 Å². The molecule has 0 aliphatic rings. The molecule has 0 bridgehead atoms. The predicted molar refractivity (Wildman–Crippen MR) is 156 cm³/mol. The zero-order valence-electron chi connectivity index (χ0n) is 24.1. The molecule has 9 nitrogen and oxygen atoms in total. The summed E-state index contributed by atoms with van der Waals surface area (Å²) in [6, 6.07) is 14.2. The molecule has 2 atom stereocenters. The van der Waals surface area contributed by atoms with E-state index in [1.807, 2.05) is 65.0 Å². The van der Waals surface area contributed by atoms with E-state index in [1.165, 1.54) is 23.5 Å². The van der Waals surface area contributed by atoms with Crippen LogP contribution in [0.25, 0.3) is 0 Å². The van der Waals surface area contributed by atoms with Crippen LogP contribution >= 0.6 is 11.6 Å². The van der Waals surface area contributed by atoms with Gasteiger partial charge in [0, 0.05) is 19.5 Å². The fraction of sp³-hybridized carbons (Fsp3) is 0.517. The Morgan fingerprint density at radius 3 is 2.12 bits per heavy atom. The zero-order valence-corrected chi connectivity index (χ0v) is 25.7. The van der Waals surface area contributed by atoms with Gasteiger partial charge in [-0.1, -0.05) is 65.0 Å². The minimum absolute atomic E-state index is 0.0527. The lowest BCUT2D eigenvalue weighted by Crippen LogP contribution is -2.59. The topological polar surface area (TPSA) is 116 Å². The first kappa shape index (κ1) is 33.5. The third kappa shape index (κ3) is 10.1. The third-order valence-corrected chi connectivity index (χ3v) is 8.13. The standard InChI is InChI=1S/C29H42ClN3O6S/c1-21(2)19-32(40(37,38)24-14-12-23(39-6)13-15-24)20-26(34)25(16-22-10-8-7-9-11-22)33(31-27(35)18-30)28(36)17-29(3,4)5/h7-15,21,25-26,34H,16-20H2,1-6H3,(H,31,35)/t25?,26-/m1/s1. The maximum absolute atomic E-state index is 13.7. The molecule has 0 radical (unpaired) electrons. The monoisotopic (exact) mass is 595 g/mol. The number of hydrazine groups is 1. The average molecular weight is 596 g/mol. The van der Waals surface area contributed by atoms with E-state index in [1.54, 1.807) is 12.1 Å². The summed E-state index contributed by atoms with van der Waals surface area (Å²) in [5.41, 5.74) is 2.95. The SMILES string of the molecule is COc1ccc(S(=O)(=O)N(CC(C)C)C[C@@H](O)C(Cc2ccccc2)N(NC(=O)CCl)C(=O)CC(C)(C)C)cc1. The van der Waals surface area contributed by atoms with Crippen LogP contribution in [-0.4, -0.2) is 72.9 Å². The molecule has 0 aliphatic carbocycles. The molecule has 2 N–H and O–H groups in total. The number of benzene rings is 2. The van der Waals surface area contributed by atoms with E-state index < -0.39 is 45.3 Å². The Hall–Kier alpha value is -2.66. The molecule has 0 heterocycles. The molecular weight excluding hydrogens is 554 g/mol. The Bertz CT molecular complexity index is 1200. The molecule has 0 aliphatic heterocycles. The number of ether oxygens (including phenoxy) is 1. The largest absolute Gasteiger partial charge is 0.497 e. The molecule has 0 spiro atoms. The molecule has 11 heteroatoms. The van der Waals surface area contributed by atoms with E-state index in [2.05, 4.69) is 5.43 Å². The number of carbonyl (C=O) groups is 2. The predicted octanol–water partition coefficient (Wildman–Crippen LogP) is 3.85. The van der Waals surface area contributed by atoms with Gasteiger partial charge in [0.05, 0.1) is 24.2 Å². The first-order valence-corrected chi connectivity index (χ1v) is 15.2. The summed E-state index contributed by atoms with van der Waals surface area (Å²) in [7, 11) is -2.53. The van der Waals surface area contributed by atoms with Crippen LogP contribution < -0.4 is 10.2 Å². The van der Waals surface area contributed by atoms with Crippen molar-refractivity contribution in [3.63, 3.8) is 0 Å². The average Bonchev–Trinajstić information content (AvgIpc) is 2.89. The summed E-state index contributed by atoms with van der Waals surface area (Å²) < 4.78 is 33.8. The van der Waals surface area contributed by atoms with Gasteiger partial charge in [0.25, 0.3) is 5.91 Å². The maximum atomic E-state index is 13.7. The van der Waals surface area contributed by atoms with Crippen LogP contribution in [0.5, 0.6) is 5.75 Å². The van der Waals surface area contributed by atoms with E-state index in [4.69, 9.17) is 16.3 Å². The molecule has 0 aromatic heterocycles. The van der Waals surface area contributed by atoms with Crippen LogP contribution in [0.4, 0.5) is 0 Å². The zero-order chi connectivity index (χ0) is 30.1. The molecule has 2 aromatic rings. The molecule has 0 saturated heterocycles. The number of nitrogens with zero attached hydrogens (tertiary/aromatic N) is 2. The van der Waals surface area contributed by atoms with E-state index in [0.717, 1.165) is 10.6 Å². The van der Waals surface area contributed by atoms with Crippen molar-refractivity contribution in [1.29, 1.82) is 0 Å². The molecule has 2 amide bonds. The molecule has 0 fully saturated rings.